The van der Waals surface area contributed by atoms with Crippen LogP contribution in [0.25, 0.3) is 0 Å². The molecule has 0 atom stereocenters. The molecule has 6 heteroatoms. The first-order valence-corrected chi connectivity index (χ1v) is 3.88. The normalized spacial score (nSPS) is 10.8. The maximum Gasteiger partial charge on any atom is 0.268 e. The fraction of sp³-hybridized carbons (Fsp3) is 0.286. The van der Waals surface area contributed by atoms with Crippen LogP contribution in [0.5, 0.6) is 0 Å². The highest BCUT2D eigenvalue weighted by molar-refractivity contribution is 6.17. The summed E-state index contributed by atoms with van der Waals surface area (Å²) in [7, 11) is 0. The van der Waals surface area contributed by atoms with E-state index in [-0.39, 0.29) is 17.3 Å². The summed E-state index contributed by atoms with van der Waals surface area (Å²) in [5, 5.41) is 0. The van der Waals surface area contributed by atoms with E-state index in [1.165, 1.54) is 0 Å². The molecule has 1 aromatic rings. The van der Waals surface area contributed by atoms with Gasteiger partial charge in [-0.25, -0.2) is 13.8 Å². The first-order valence-electron chi connectivity index (χ1n) is 3.35. The van der Waals surface area contributed by atoms with Crippen molar-refractivity contribution < 1.29 is 13.2 Å². The fourth-order valence-electron chi connectivity index (χ4n) is 0.818. The van der Waals surface area contributed by atoms with Crippen LogP contribution in [0.3, 0.4) is 0 Å². The van der Waals surface area contributed by atoms with E-state index in [1.54, 1.807) is 0 Å². The van der Waals surface area contributed by atoms with Gasteiger partial charge in [0.05, 0.1) is 22.8 Å². The molecular formula is C7H6ClF3N2. The Labute approximate surface area is 77.5 Å². The zero-order valence-corrected chi connectivity index (χ0v) is 7.15. The van der Waals surface area contributed by atoms with Gasteiger partial charge in [-0.2, -0.15) is 4.39 Å². The molecule has 0 aliphatic carbocycles. The smallest absolute Gasteiger partial charge is 0.268 e. The van der Waals surface area contributed by atoms with E-state index in [1.807, 2.05) is 0 Å². The van der Waals surface area contributed by atoms with Gasteiger partial charge >= 0.3 is 0 Å². The molecule has 0 bridgehead atoms. The summed E-state index contributed by atoms with van der Waals surface area (Å²) >= 11 is 5.34. The predicted octanol–water partition coefficient (Wildman–Crippen LogP) is 2.48. The van der Waals surface area contributed by atoms with Gasteiger partial charge in [0.15, 0.2) is 0 Å². The van der Waals surface area contributed by atoms with Crippen molar-refractivity contribution >= 4 is 17.3 Å². The second-order valence-electron chi connectivity index (χ2n) is 2.34. The van der Waals surface area contributed by atoms with Gasteiger partial charge in [-0.05, 0) is 6.07 Å². The molecule has 0 saturated heterocycles. The van der Waals surface area contributed by atoms with E-state index in [9.17, 15) is 13.2 Å². The van der Waals surface area contributed by atoms with Crippen molar-refractivity contribution in [3.63, 3.8) is 0 Å². The van der Waals surface area contributed by atoms with Crippen molar-refractivity contribution in [1.82, 2.24) is 4.98 Å². The molecule has 1 aromatic heterocycles. The van der Waals surface area contributed by atoms with Gasteiger partial charge in [-0.1, -0.05) is 0 Å². The van der Waals surface area contributed by atoms with Crippen LogP contribution < -0.4 is 5.73 Å². The van der Waals surface area contributed by atoms with Crippen molar-refractivity contribution in [1.29, 1.82) is 0 Å². The third-order valence-electron chi connectivity index (χ3n) is 1.48. The molecule has 1 heterocycles. The lowest BCUT2D eigenvalue weighted by Gasteiger charge is -2.05. The number of nitrogens with two attached hydrogens (primary N) is 1. The molecule has 0 aliphatic rings. The summed E-state index contributed by atoms with van der Waals surface area (Å²) in [5.74, 6) is -1.33. The zero-order valence-electron chi connectivity index (χ0n) is 6.40. The number of hydrogen-bond acceptors (Lipinski definition) is 2. The van der Waals surface area contributed by atoms with Crippen LogP contribution in [0.15, 0.2) is 6.07 Å². The van der Waals surface area contributed by atoms with Crippen molar-refractivity contribution in [2.45, 2.75) is 12.3 Å². The first kappa shape index (κ1) is 10.1. The second kappa shape index (κ2) is 3.83. The fourth-order valence-corrected chi connectivity index (χ4v) is 1.03. The second-order valence-corrected chi connectivity index (χ2v) is 2.61. The Kier molecular flexibility index (Phi) is 2.98. The van der Waals surface area contributed by atoms with Crippen molar-refractivity contribution in [3.05, 3.63) is 23.3 Å². The van der Waals surface area contributed by atoms with Gasteiger partial charge in [0.1, 0.15) is 0 Å². The van der Waals surface area contributed by atoms with Gasteiger partial charge < -0.3 is 5.73 Å². The number of anilines is 1. The standard InChI is InChI=1S/C7H6ClF3N2/c8-2-5-4(12)1-3(6(9)10)7(11)13-5/h1,6H,2,12H2. The minimum absolute atomic E-state index is 0.0216. The largest absolute Gasteiger partial charge is 0.397 e. The number of hydrogen-bond donors (Lipinski definition) is 1. The predicted molar refractivity (Wildman–Crippen MR) is 43.1 cm³/mol. The molecule has 0 aliphatic heterocycles. The summed E-state index contributed by atoms with van der Waals surface area (Å²) in [6, 6.07) is 0.852. The maximum absolute atomic E-state index is 12.8. The molecule has 0 unspecified atom stereocenters. The average Bonchev–Trinajstić information content (AvgIpc) is 2.07. The number of rotatable bonds is 2. The molecule has 0 spiro atoms. The van der Waals surface area contributed by atoms with Crippen LogP contribution >= 0.6 is 11.6 Å². The zero-order chi connectivity index (χ0) is 10.0. The maximum atomic E-state index is 12.8. The van der Waals surface area contributed by atoms with Crippen LogP contribution in [0.2, 0.25) is 0 Å². The van der Waals surface area contributed by atoms with Crippen LogP contribution in [0.1, 0.15) is 17.7 Å². The van der Waals surface area contributed by atoms with E-state index in [4.69, 9.17) is 17.3 Å². The lowest BCUT2D eigenvalue weighted by atomic mass is 10.2. The SMILES string of the molecule is Nc1cc(C(F)F)c(F)nc1CCl. The van der Waals surface area contributed by atoms with Gasteiger partial charge in [0, 0.05) is 0 Å². The van der Waals surface area contributed by atoms with E-state index < -0.39 is 17.9 Å². The Hall–Kier alpha value is -0.970. The number of pyridine rings is 1. The molecule has 72 valence electrons. The van der Waals surface area contributed by atoms with Gasteiger partial charge in [0.25, 0.3) is 6.43 Å². The Morgan fingerprint density at radius 2 is 2.15 bits per heavy atom. The topological polar surface area (TPSA) is 38.9 Å². The molecular weight excluding hydrogens is 205 g/mol. The number of aromatic nitrogens is 1. The van der Waals surface area contributed by atoms with E-state index in [2.05, 4.69) is 4.98 Å². The summed E-state index contributed by atoms with van der Waals surface area (Å²) in [6.07, 6.45) is -2.92. The highest BCUT2D eigenvalue weighted by Crippen LogP contribution is 2.24. The Morgan fingerprint density at radius 3 is 2.62 bits per heavy atom. The van der Waals surface area contributed by atoms with Crippen LogP contribution in [0, 0.1) is 5.95 Å². The Morgan fingerprint density at radius 1 is 1.54 bits per heavy atom. The number of halogens is 4. The van der Waals surface area contributed by atoms with Crippen LogP contribution in [-0.2, 0) is 5.88 Å². The lowest BCUT2D eigenvalue weighted by molar-refractivity contribution is 0.145. The number of nitrogens with zero attached hydrogens (tertiary/aromatic N) is 1. The minimum atomic E-state index is -2.92. The molecule has 1 rings (SSSR count). The third kappa shape index (κ3) is 2.03. The van der Waals surface area contributed by atoms with Gasteiger partial charge in [-0.15, -0.1) is 11.6 Å². The van der Waals surface area contributed by atoms with Gasteiger partial charge in [-0.3, -0.25) is 0 Å². The molecule has 0 saturated carbocycles. The van der Waals surface area contributed by atoms with Gasteiger partial charge in [0.2, 0.25) is 5.95 Å². The van der Waals surface area contributed by atoms with E-state index in [0.717, 1.165) is 6.07 Å². The van der Waals surface area contributed by atoms with E-state index in [0.29, 0.717) is 0 Å². The van der Waals surface area contributed by atoms with Crippen LogP contribution in [-0.4, -0.2) is 4.98 Å². The van der Waals surface area contributed by atoms with Crippen LogP contribution in [0.4, 0.5) is 18.9 Å². The summed E-state index contributed by atoms with van der Waals surface area (Å²) < 4.78 is 36.9. The van der Waals surface area contributed by atoms with E-state index >= 15 is 0 Å². The van der Waals surface area contributed by atoms with Crippen molar-refractivity contribution in [2.24, 2.45) is 0 Å². The highest BCUT2D eigenvalue weighted by atomic mass is 35.5. The Balaban J connectivity index is 3.20. The highest BCUT2D eigenvalue weighted by Gasteiger charge is 2.16. The number of nitrogen functional groups attached to an aromatic ring is 1. The lowest BCUT2D eigenvalue weighted by Crippen LogP contribution is -2.03. The summed E-state index contributed by atoms with van der Waals surface area (Å²) in [6.45, 7) is 0. The minimum Gasteiger partial charge on any atom is -0.397 e. The van der Waals surface area contributed by atoms with Crippen molar-refractivity contribution in [3.8, 4) is 0 Å². The molecule has 0 fully saturated rings. The molecule has 2 N–H and O–H groups in total. The summed E-state index contributed by atoms with van der Waals surface area (Å²) in [5.41, 5.74) is 4.54. The quantitative estimate of drug-likeness (QED) is 0.602. The molecule has 0 aromatic carbocycles. The summed E-state index contributed by atoms with van der Waals surface area (Å²) in [4.78, 5) is 3.21. The van der Waals surface area contributed by atoms with Crippen molar-refractivity contribution in [2.75, 3.05) is 5.73 Å². The molecule has 13 heavy (non-hydrogen) atoms. The molecule has 0 amide bonds. The number of alkyl halides is 3. The Bertz CT molecular complexity index is 317. The molecule has 0 radical (unpaired) electrons. The third-order valence-corrected chi connectivity index (χ3v) is 1.73. The average molecular weight is 211 g/mol. The first-order chi connectivity index (χ1) is 6.06. The molecule has 2 nitrogen and oxygen atoms in total. The monoisotopic (exact) mass is 210 g/mol.